The monoisotopic (exact) mass is 422 g/mol. The molecule has 1 N–H and O–H groups in total. The maximum atomic E-state index is 12.8. The first kappa shape index (κ1) is 22.2. The zero-order chi connectivity index (χ0) is 22.6. The van der Waals surface area contributed by atoms with E-state index in [4.69, 9.17) is 4.74 Å². The van der Waals surface area contributed by atoms with E-state index in [1.165, 1.54) is 0 Å². The Morgan fingerprint density at radius 1 is 1.06 bits per heavy atom. The molecule has 3 rings (SSSR count). The fourth-order valence-corrected chi connectivity index (χ4v) is 3.62. The van der Waals surface area contributed by atoms with Gasteiger partial charge in [0.15, 0.2) is 6.61 Å². The molecule has 1 aliphatic rings. The van der Waals surface area contributed by atoms with Crippen LogP contribution in [0.1, 0.15) is 40.4 Å². The van der Waals surface area contributed by atoms with Gasteiger partial charge in [-0.15, -0.1) is 0 Å². The van der Waals surface area contributed by atoms with E-state index in [0.717, 1.165) is 21.6 Å². The molecule has 7 nitrogen and oxygen atoms in total. The summed E-state index contributed by atoms with van der Waals surface area (Å²) in [4.78, 5) is 50.5. The lowest BCUT2D eigenvalue weighted by Gasteiger charge is -2.21. The highest BCUT2D eigenvalue weighted by atomic mass is 16.5. The number of esters is 1. The molecule has 0 spiro atoms. The Morgan fingerprint density at radius 2 is 1.77 bits per heavy atom. The molecular formula is C24H26N2O5. The number of nitrogens with one attached hydrogen (secondary N) is 1. The van der Waals surface area contributed by atoms with Crippen molar-refractivity contribution >= 4 is 23.7 Å². The lowest BCUT2D eigenvalue weighted by molar-refractivity contribution is -0.146. The van der Waals surface area contributed by atoms with Crippen LogP contribution in [0.2, 0.25) is 0 Å². The minimum Gasteiger partial charge on any atom is -0.456 e. The van der Waals surface area contributed by atoms with E-state index in [0.29, 0.717) is 18.4 Å². The van der Waals surface area contributed by atoms with Gasteiger partial charge in [0.2, 0.25) is 5.78 Å². The molecule has 3 amide bonds. The lowest BCUT2D eigenvalue weighted by atomic mass is 9.93. The number of hydrogen-bond donors (Lipinski definition) is 1. The molecule has 162 valence electrons. The predicted molar refractivity (Wildman–Crippen MR) is 115 cm³/mol. The van der Waals surface area contributed by atoms with E-state index in [-0.39, 0.29) is 5.78 Å². The first-order chi connectivity index (χ1) is 14.7. The summed E-state index contributed by atoms with van der Waals surface area (Å²) in [6.45, 7) is 4.40. The van der Waals surface area contributed by atoms with Crippen LogP contribution >= 0.6 is 0 Å². The summed E-state index contributed by atoms with van der Waals surface area (Å²) in [7, 11) is 0. The minimum absolute atomic E-state index is 0.337. The van der Waals surface area contributed by atoms with Gasteiger partial charge in [0.05, 0.1) is 0 Å². The highest BCUT2D eigenvalue weighted by molar-refractivity contribution is 6.08. The standard InChI is InChI=1S/C24H26N2O5/c1-16-9-10-19(17(2)13-16)20(27)15-31-21(28)14-26-22(29)24(3,25-23(26)30)12-11-18-7-5-4-6-8-18/h4-10,13H,11-12,14-15H2,1-3H3,(H,25,30)/t24-/m0/s1. The molecule has 2 aromatic rings. The number of urea groups is 1. The number of ether oxygens (including phenoxy) is 1. The second kappa shape index (κ2) is 9.12. The molecule has 0 bridgehead atoms. The summed E-state index contributed by atoms with van der Waals surface area (Å²) in [6, 6.07) is 14.4. The largest absolute Gasteiger partial charge is 0.456 e. The van der Waals surface area contributed by atoms with Crippen LogP contribution in [0, 0.1) is 13.8 Å². The van der Waals surface area contributed by atoms with Crippen molar-refractivity contribution < 1.29 is 23.9 Å². The Morgan fingerprint density at radius 3 is 2.45 bits per heavy atom. The molecular weight excluding hydrogens is 396 g/mol. The summed E-state index contributed by atoms with van der Waals surface area (Å²) in [5.74, 6) is -1.63. The number of ketones is 1. The summed E-state index contributed by atoms with van der Waals surface area (Å²) < 4.78 is 5.04. The number of imide groups is 1. The average molecular weight is 422 g/mol. The fraction of sp³-hybridized carbons (Fsp3) is 0.333. The molecule has 1 fully saturated rings. The Labute approximate surface area is 181 Å². The van der Waals surface area contributed by atoms with Crippen molar-refractivity contribution in [1.82, 2.24) is 10.2 Å². The molecule has 1 atom stereocenters. The van der Waals surface area contributed by atoms with Crippen LogP contribution in [0.5, 0.6) is 0 Å². The van der Waals surface area contributed by atoms with Gasteiger partial charge in [0.25, 0.3) is 5.91 Å². The van der Waals surface area contributed by atoms with Gasteiger partial charge in [0, 0.05) is 5.56 Å². The molecule has 31 heavy (non-hydrogen) atoms. The van der Waals surface area contributed by atoms with E-state index in [1.54, 1.807) is 13.0 Å². The zero-order valence-corrected chi connectivity index (χ0v) is 17.9. The van der Waals surface area contributed by atoms with E-state index in [1.807, 2.05) is 56.3 Å². The van der Waals surface area contributed by atoms with Crippen LogP contribution in [-0.2, 0) is 20.7 Å². The number of Topliss-reactive ketones (excluding diaryl/α,β-unsaturated/α-hetero) is 1. The number of aryl methyl sites for hydroxylation is 3. The second-order valence-corrected chi connectivity index (χ2v) is 8.04. The normalized spacial score (nSPS) is 18.1. The molecule has 1 heterocycles. The maximum absolute atomic E-state index is 12.8. The average Bonchev–Trinajstić information content (AvgIpc) is 2.94. The third-order valence-corrected chi connectivity index (χ3v) is 5.44. The molecule has 1 saturated heterocycles. The molecule has 0 unspecified atom stereocenters. The van der Waals surface area contributed by atoms with Crippen molar-refractivity contribution in [3.05, 3.63) is 70.8 Å². The zero-order valence-electron chi connectivity index (χ0n) is 17.9. The highest BCUT2D eigenvalue weighted by Gasteiger charge is 2.48. The molecule has 0 aromatic heterocycles. The van der Waals surface area contributed by atoms with Gasteiger partial charge in [-0.1, -0.05) is 54.1 Å². The van der Waals surface area contributed by atoms with Crippen molar-refractivity contribution in [2.75, 3.05) is 13.2 Å². The van der Waals surface area contributed by atoms with Gasteiger partial charge in [-0.3, -0.25) is 19.3 Å². The third-order valence-electron chi connectivity index (χ3n) is 5.44. The highest BCUT2D eigenvalue weighted by Crippen LogP contribution is 2.23. The van der Waals surface area contributed by atoms with Gasteiger partial charge in [-0.2, -0.15) is 0 Å². The number of carbonyl (C=O) groups is 4. The number of amides is 3. The molecule has 0 radical (unpaired) electrons. The summed E-state index contributed by atoms with van der Waals surface area (Å²) >= 11 is 0. The molecule has 0 saturated carbocycles. The predicted octanol–water partition coefficient (Wildman–Crippen LogP) is 2.97. The third kappa shape index (κ3) is 5.17. The Balaban J connectivity index is 1.55. The van der Waals surface area contributed by atoms with Crippen LogP contribution < -0.4 is 5.32 Å². The second-order valence-electron chi connectivity index (χ2n) is 8.04. The van der Waals surface area contributed by atoms with Crippen LogP contribution in [0.3, 0.4) is 0 Å². The van der Waals surface area contributed by atoms with E-state index in [2.05, 4.69) is 5.32 Å². The van der Waals surface area contributed by atoms with Gasteiger partial charge in [-0.05, 0) is 44.7 Å². The Kier molecular flexibility index (Phi) is 6.53. The number of hydrogen-bond acceptors (Lipinski definition) is 5. The van der Waals surface area contributed by atoms with E-state index in [9.17, 15) is 19.2 Å². The first-order valence-electron chi connectivity index (χ1n) is 10.1. The van der Waals surface area contributed by atoms with Crippen LogP contribution in [0.15, 0.2) is 48.5 Å². The number of rotatable bonds is 8. The maximum Gasteiger partial charge on any atom is 0.326 e. The van der Waals surface area contributed by atoms with E-state index < -0.39 is 36.6 Å². The molecule has 7 heteroatoms. The van der Waals surface area contributed by atoms with Crippen molar-refractivity contribution in [3.63, 3.8) is 0 Å². The smallest absolute Gasteiger partial charge is 0.326 e. The van der Waals surface area contributed by atoms with Gasteiger partial charge >= 0.3 is 12.0 Å². The summed E-state index contributed by atoms with van der Waals surface area (Å²) in [5, 5.41) is 2.67. The Bertz CT molecular complexity index is 1020. The molecule has 0 aliphatic carbocycles. The van der Waals surface area contributed by atoms with Crippen molar-refractivity contribution in [2.24, 2.45) is 0 Å². The van der Waals surface area contributed by atoms with Crippen molar-refractivity contribution in [2.45, 2.75) is 39.2 Å². The van der Waals surface area contributed by atoms with Crippen LogP contribution in [0.4, 0.5) is 4.79 Å². The topological polar surface area (TPSA) is 92.8 Å². The lowest BCUT2D eigenvalue weighted by Crippen LogP contribution is -2.44. The Hall–Kier alpha value is -3.48. The van der Waals surface area contributed by atoms with Crippen molar-refractivity contribution in [3.8, 4) is 0 Å². The quantitative estimate of drug-likeness (QED) is 0.401. The number of benzene rings is 2. The van der Waals surface area contributed by atoms with Crippen LogP contribution in [-0.4, -0.2) is 47.3 Å². The molecule has 2 aromatic carbocycles. The molecule has 1 aliphatic heterocycles. The van der Waals surface area contributed by atoms with Gasteiger partial charge in [-0.25, -0.2) is 4.79 Å². The number of nitrogens with zero attached hydrogens (tertiary/aromatic N) is 1. The van der Waals surface area contributed by atoms with Gasteiger partial charge < -0.3 is 10.1 Å². The number of carbonyl (C=O) groups excluding carboxylic acids is 4. The van der Waals surface area contributed by atoms with E-state index >= 15 is 0 Å². The first-order valence-corrected chi connectivity index (χ1v) is 10.1. The summed E-state index contributed by atoms with van der Waals surface area (Å²) in [5.41, 5.74) is 2.25. The van der Waals surface area contributed by atoms with Gasteiger partial charge in [0.1, 0.15) is 12.1 Å². The SMILES string of the molecule is Cc1ccc(C(=O)COC(=O)CN2C(=O)N[C@@](C)(CCc3ccccc3)C2=O)c(C)c1. The van der Waals surface area contributed by atoms with Crippen molar-refractivity contribution in [1.29, 1.82) is 0 Å². The fourth-order valence-electron chi connectivity index (χ4n) is 3.62. The summed E-state index contributed by atoms with van der Waals surface area (Å²) in [6.07, 6.45) is 1.00. The minimum atomic E-state index is -1.10. The van der Waals surface area contributed by atoms with Crippen LogP contribution in [0.25, 0.3) is 0 Å².